The van der Waals surface area contributed by atoms with Gasteiger partial charge in [-0.25, -0.2) is 142 Å². The molecule has 7 heterocycles. The highest BCUT2D eigenvalue weighted by molar-refractivity contribution is 6.31. The summed E-state index contributed by atoms with van der Waals surface area (Å²) in [6.07, 6.45) is 1.61. The Hall–Kier alpha value is -11.9. The van der Waals surface area contributed by atoms with Gasteiger partial charge in [0.25, 0.3) is 0 Å². The zero-order valence-electron chi connectivity index (χ0n) is 48.2. The number of allylic oxidation sites excluding steroid dienone is 4. The molecule has 10 aromatic rings. The molecule has 3 aliphatic heterocycles. The van der Waals surface area contributed by atoms with E-state index in [0.29, 0.717) is 36.4 Å². The molecule has 0 saturated heterocycles. The van der Waals surface area contributed by atoms with Crippen LogP contribution in [-0.2, 0) is 0 Å². The smallest absolute Gasteiger partial charge is 0.200 e. The van der Waals surface area contributed by atoms with E-state index in [1.165, 1.54) is 0 Å². The second-order valence-electron chi connectivity index (χ2n) is 21.5. The van der Waals surface area contributed by atoms with Crippen molar-refractivity contribution in [1.82, 2.24) is 19.9 Å². The van der Waals surface area contributed by atoms with Crippen LogP contribution in [0.15, 0.2) is 94.2 Å². The van der Waals surface area contributed by atoms with Gasteiger partial charge in [0.1, 0.15) is 0 Å². The molecule has 6 aromatic carbocycles. The molecule has 13 rings (SSSR count). The third kappa shape index (κ3) is 10.0. The molecule has 6 nitrogen and oxygen atoms in total. The molecule has 0 radical (unpaired) electrons. The quantitative estimate of drug-likeness (QED) is 0.0726. The van der Waals surface area contributed by atoms with E-state index < -0.39 is 308 Å². The molecule has 3 aliphatic rings. The molecule has 4 aromatic heterocycles. The first-order chi connectivity index (χ1) is 48.1. The van der Waals surface area contributed by atoms with Crippen molar-refractivity contribution >= 4 is 44.9 Å². The number of halogens is 30. The SMILES string of the molecule is Fc1c(F)c(F)c(C2=C3C=CC(=N3)C(c3c(F)c(F)c(F)c(F)c3F)=c3ccc([nH]3)=c3ccc([nH]3)=C(c3c(F)c(F)c(F)c(F)c3F)C3=NC(=C(c4c(F)c(F)c(F)c(F)c4F)c4ccc([nH]4)C(c4c(F)c(F)c(F)c(F)c4F)=C(c4c(F)c(F)c(F)c(F)c4F)c4ccc2[nH]4)C=C3)c(F)c1F. The molecule has 0 unspecified atom stereocenters. The first-order valence-corrected chi connectivity index (χ1v) is 27.5. The average Bonchev–Trinajstić information content (AvgIpc) is 1.54. The van der Waals surface area contributed by atoms with Crippen molar-refractivity contribution < 1.29 is 132 Å². The highest BCUT2D eigenvalue weighted by Gasteiger charge is 2.41. The molecule has 4 N–H and O–H groups in total. The molecular weight excluding hydrogens is 1450 g/mol. The van der Waals surface area contributed by atoms with Crippen LogP contribution in [-0.4, -0.2) is 31.4 Å². The van der Waals surface area contributed by atoms with Gasteiger partial charge in [0.15, 0.2) is 140 Å². The molecule has 0 fully saturated rings. The predicted octanol–water partition coefficient (Wildman–Crippen LogP) is 17.1. The maximum Gasteiger partial charge on any atom is 0.200 e. The Morgan fingerprint density at radius 1 is 0.167 bits per heavy atom. The topological polar surface area (TPSA) is 87.9 Å². The van der Waals surface area contributed by atoms with Crippen LogP contribution in [0, 0.1) is 185 Å². The number of fused-ring (bicyclic) bond motifs is 10. The summed E-state index contributed by atoms with van der Waals surface area (Å²) >= 11 is 0. The van der Waals surface area contributed by atoms with Crippen molar-refractivity contribution in [2.75, 3.05) is 0 Å². The van der Waals surface area contributed by atoms with Crippen LogP contribution in [0.4, 0.5) is 132 Å². The molecule has 0 aliphatic carbocycles. The van der Waals surface area contributed by atoms with Crippen molar-refractivity contribution in [2.45, 2.75) is 0 Å². The van der Waals surface area contributed by atoms with Crippen LogP contribution in [0.25, 0.3) is 33.4 Å². The minimum Gasteiger partial charge on any atom is -0.354 e. The molecule has 0 spiro atoms. The summed E-state index contributed by atoms with van der Waals surface area (Å²) in [6, 6.07) is 3.72. The van der Waals surface area contributed by atoms with Crippen molar-refractivity contribution in [3.05, 3.63) is 336 Å². The van der Waals surface area contributed by atoms with Gasteiger partial charge in [0, 0.05) is 66.9 Å². The first-order valence-electron chi connectivity index (χ1n) is 27.5. The first kappa shape index (κ1) is 68.6. The maximum atomic E-state index is 16.9. The summed E-state index contributed by atoms with van der Waals surface area (Å²) in [5.41, 5.74) is -36.0. The summed E-state index contributed by atoms with van der Waals surface area (Å²) < 4.78 is 476. The van der Waals surface area contributed by atoms with Gasteiger partial charge in [-0.15, -0.1) is 0 Å². The van der Waals surface area contributed by atoms with Gasteiger partial charge < -0.3 is 19.9 Å². The zero-order valence-corrected chi connectivity index (χ0v) is 48.2. The summed E-state index contributed by atoms with van der Waals surface area (Å²) in [7, 11) is 0. The summed E-state index contributed by atoms with van der Waals surface area (Å²) in [6.45, 7) is 0. The fourth-order valence-corrected chi connectivity index (χ4v) is 11.4. The fourth-order valence-electron chi connectivity index (χ4n) is 11.4. The number of aromatic amines is 4. The molecular formula is C66H16F30N6. The molecule has 0 saturated carbocycles. The number of benzene rings is 6. The van der Waals surface area contributed by atoms with Crippen molar-refractivity contribution in [1.29, 1.82) is 0 Å². The number of hydrogen-bond donors (Lipinski definition) is 4. The summed E-state index contributed by atoms with van der Waals surface area (Å²) in [4.78, 5) is 16.5. The Labute approximate surface area is 541 Å². The minimum absolute atomic E-state index is 0.134. The number of H-pyrrole nitrogens is 4. The minimum atomic E-state index is -3.17. The van der Waals surface area contributed by atoms with Crippen LogP contribution in [0.2, 0.25) is 0 Å². The number of nitrogens with zero attached hydrogens (tertiary/aromatic N) is 2. The van der Waals surface area contributed by atoms with Crippen LogP contribution in [0.1, 0.15) is 56.2 Å². The van der Waals surface area contributed by atoms with E-state index in [4.69, 9.17) is 0 Å². The number of aliphatic imine (C=N–C) groups is 2. The molecule has 12 bridgehead atoms. The van der Waals surface area contributed by atoms with E-state index in [9.17, 15) is 17.6 Å². The maximum absolute atomic E-state index is 16.9. The second kappa shape index (κ2) is 24.5. The van der Waals surface area contributed by atoms with E-state index in [1.54, 1.807) is 0 Å². The van der Waals surface area contributed by atoms with Gasteiger partial charge in [-0.2, -0.15) is 0 Å². The highest BCUT2D eigenvalue weighted by atomic mass is 19.2. The van der Waals surface area contributed by atoms with E-state index in [0.717, 1.165) is 12.1 Å². The fraction of sp³-hybridized carbons (Fsp3) is 0. The molecule has 102 heavy (non-hydrogen) atoms. The molecule has 36 heteroatoms. The Morgan fingerprint density at radius 2 is 0.343 bits per heavy atom. The van der Waals surface area contributed by atoms with Gasteiger partial charge in [0.05, 0.1) is 66.9 Å². The Morgan fingerprint density at radius 3 is 0.569 bits per heavy atom. The Bertz CT molecular complexity index is 5480. The number of nitrogens with one attached hydrogen (secondary N) is 4. The molecule has 0 atom stereocenters. The zero-order chi connectivity index (χ0) is 73.9. The van der Waals surface area contributed by atoms with Crippen molar-refractivity contribution in [3.63, 3.8) is 0 Å². The summed E-state index contributed by atoms with van der Waals surface area (Å²) in [5, 5.41) is -2.99. The lowest BCUT2D eigenvalue weighted by Crippen LogP contribution is -2.19. The number of aromatic nitrogens is 4. The Kier molecular flexibility index (Phi) is 16.5. The number of rotatable bonds is 6. The Balaban J connectivity index is 1.30. The van der Waals surface area contributed by atoms with Crippen molar-refractivity contribution in [3.8, 4) is 0 Å². The van der Waals surface area contributed by atoms with Gasteiger partial charge >= 0.3 is 0 Å². The van der Waals surface area contributed by atoms with Gasteiger partial charge in [-0.1, -0.05) is 0 Å². The standard InChI is InChI=1S/C66H16F30N6/c67-37-31(38(68)50(80)61(91)49(37)79)25-15-3-1-13(97-15)14-2-4-16(98-14)26(32-39(69)51(81)62(92)52(82)40(32)70)18-6-8-20(100-18)28(34-43(73)55(85)64(94)56(86)44(34)74)22-10-12-24(102-22)30(36-47(77)59(89)66(96)60(90)48(36)78)29(35-45(75)57(87)65(95)58(88)46(35)76)23-11-9-21(101-23)27(19-7-5-17(25)99-19)33-41(71)53(83)63(93)54(84)42(33)72/h1-12,97-98,101-102H. The second-order valence-corrected chi connectivity index (χ2v) is 21.5. The third-order valence-corrected chi connectivity index (χ3v) is 16.0. The van der Waals surface area contributed by atoms with Crippen LogP contribution in [0.5, 0.6) is 0 Å². The van der Waals surface area contributed by atoms with Crippen LogP contribution < -0.4 is 10.7 Å². The number of hydrogen-bond acceptors (Lipinski definition) is 2. The lowest BCUT2D eigenvalue weighted by Gasteiger charge is -2.19. The monoisotopic (exact) mass is 1460 g/mol. The van der Waals surface area contributed by atoms with E-state index >= 15 is 114 Å². The van der Waals surface area contributed by atoms with Crippen molar-refractivity contribution in [2.24, 2.45) is 9.98 Å². The predicted molar refractivity (Wildman–Crippen MR) is 293 cm³/mol. The van der Waals surface area contributed by atoms with Gasteiger partial charge in [-0.3, -0.25) is 0 Å². The van der Waals surface area contributed by atoms with E-state index in [1.807, 2.05) is 9.97 Å². The van der Waals surface area contributed by atoms with Gasteiger partial charge in [-0.05, 0) is 72.8 Å². The normalized spacial score (nSPS) is 14.1. The van der Waals surface area contributed by atoms with Crippen LogP contribution >= 0.6 is 0 Å². The summed E-state index contributed by atoms with van der Waals surface area (Å²) in [5.74, 6) is -88.4. The largest absolute Gasteiger partial charge is 0.354 e. The molecule has 0 amide bonds. The molecule has 520 valence electrons. The van der Waals surface area contributed by atoms with E-state index in [-0.39, 0.29) is 24.3 Å². The third-order valence-electron chi connectivity index (χ3n) is 16.0. The highest BCUT2D eigenvalue weighted by Crippen LogP contribution is 2.47. The lowest BCUT2D eigenvalue weighted by atomic mass is 9.88. The lowest BCUT2D eigenvalue weighted by molar-refractivity contribution is 0.375. The van der Waals surface area contributed by atoms with Crippen LogP contribution in [0.3, 0.4) is 0 Å². The average molecular weight is 1460 g/mol. The van der Waals surface area contributed by atoms with E-state index in [2.05, 4.69) is 20.0 Å². The van der Waals surface area contributed by atoms with Gasteiger partial charge in [0.2, 0.25) is 34.9 Å².